The molecule has 3 aromatic rings. The van der Waals surface area contributed by atoms with Crippen LogP contribution in [-0.4, -0.2) is 43.8 Å². The molecule has 2 aromatic heterocycles. The summed E-state index contributed by atoms with van der Waals surface area (Å²) in [6.07, 6.45) is 4.06. The van der Waals surface area contributed by atoms with Gasteiger partial charge in [-0.3, -0.25) is 4.79 Å². The minimum atomic E-state index is -0.329. The monoisotopic (exact) mass is 348 g/mol. The summed E-state index contributed by atoms with van der Waals surface area (Å²) in [5.74, 6) is 0.560. The highest BCUT2D eigenvalue weighted by atomic mass is 16.3. The molecular weight excluding hydrogens is 328 g/mol. The van der Waals surface area contributed by atoms with E-state index in [-0.39, 0.29) is 18.6 Å². The van der Waals surface area contributed by atoms with Gasteiger partial charge in [0.1, 0.15) is 0 Å². The molecule has 0 aliphatic carbocycles. The third-order valence-corrected chi connectivity index (χ3v) is 4.95. The molecule has 0 saturated heterocycles. The maximum Gasteiger partial charge on any atom is 0.257 e. The highest BCUT2D eigenvalue weighted by Crippen LogP contribution is 2.31. The summed E-state index contributed by atoms with van der Waals surface area (Å²) in [4.78, 5) is 19.2. The molecule has 1 unspecified atom stereocenters. The quantitative estimate of drug-likeness (QED) is 0.788. The highest BCUT2D eigenvalue weighted by molar-refractivity contribution is 5.95. The Morgan fingerprint density at radius 1 is 1.23 bits per heavy atom. The molecule has 0 fully saturated rings. The second-order valence-electron chi connectivity index (χ2n) is 6.39. The third-order valence-electron chi connectivity index (χ3n) is 4.95. The van der Waals surface area contributed by atoms with Crippen LogP contribution in [0, 0.1) is 6.92 Å². The van der Waals surface area contributed by atoms with Gasteiger partial charge in [-0.2, -0.15) is 5.10 Å². The standard InChI is InChI=1S/C20H20N4O2/c1-14-17(12-22-24(14)19-8-4-5-10-21-19)20(26)23-11-9-15-6-2-3-7-16(15)18(23)13-25/h2-8,10,12,18,25H,9,11,13H2,1H3. The number of carbonyl (C=O) groups is 1. The lowest BCUT2D eigenvalue weighted by Gasteiger charge is -2.36. The molecule has 3 heterocycles. The van der Waals surface area contributed by atoms with Crippen molar-refractivity contribution in [1.82, 2.24) is 19.7 Å². The molecular formula is C20H20N4O2. The average molecular weight is 348 g/mol. The Labute approximate surface area is 151 Å². The average Bonchev–Trinajstić information content (AvgIpc) is 3.08. The summed E-state index contributed by atoms with van der Waals surface area (Å²) in [5.41, 5.74) is 3.48. The smallest absolute Gasteiger partial charge is 0.257 e. The molecule has 1 aromatic carbocycles. The Morgan fingerprint density at radius 3 is 2.81 bits per heavy atom. The summed E-state index contributed by atoms with van der Waals surface area (Å²) in [6, 6.07) is 13.2. The van der Waals surface area contributed by atoms with E-state index >= 15 is 0 Å². The van der Waals surface area contributed by atoms with E-state index < -0.39 is 0 Å². The minimum absolute atomic E-state index is 0.101. The van der Waals surface area contributed by atoms with E-state index in [1.165, 1.54) is 5.56 Å². The van der Waals surface area contributed by atoms with Crippen LogP contribution in [0.4, 0.5) is 0 Å². The van der Waals surface area contributed by atoms with Crippen LogP contribution < -0.4 is 0 Å². The lowest BCUT2D eigenvalue weighted by molar-refractivity contribution is 0.0568. The van der Waals surface area contributed by atoms with Crippen LogP contribution in [0.1, 0.15) is 33.2 Å². The highest BCUT2D eigenvalue weighted by Gasteiger charge is 2.32. The van der Waals surface area contributed by atoms with Gasteiger partial charge in [-0.1, -0.05) is 30.3 Å². The van der Waals surface area contributed by atoms with Crippen molar-refractivity contribution in [2.45, 2.75) is 19.4 Å². The van der Waals surface area contributed by atoms with Crippen molar-refractivity contribution in [2.75, 3.05) is 13.2 Å². The minimum Gasteiger partial charge on any atom is -0.394 e. The predicted molar refractivity (Wildman–Crippen MR) is 97.1 cm³/mol. The van der Waals surface area contributed by atoms with E-state index in [1.807, 2.05) is 43.3 Å². The maximum absolute atomic E-state index is 13.2. The first-order chi connectivity index (χ1) is 12.7. The van der Waals surface area contributed by atoms with Gasteiger partial charge in [0.05, 0.1) is 30.1 Å². The Hall–Kier alpha value is -2.99. The number of benzene rings is 1. The zero-order valence-corrected chi connectivity index (χ0v) is 14.5. The predicted octanol–water partition coefficient (Wildman–Crippen LogP) is 2.31. The van der Waals surface area contributed by atoms with Crippen molar-refractivity contribution in [3.63, 3.8) is 0 Å². The SMILES string of the molecule is Cc1c(C(=O)N2CCc3ccccc3C2CO)cnn1-c1ccccn1. The number of aliphatic hydroxyl groups is 1. The van der Waals surface area contributed by atoms with Crippen LogP contribution in [0.2, 0.25) is 0 Å². The Kier molecular flexibility index (Phi) is 4.26. The van der Waals surface area contributed by atoms with Gasteiger partial charge in [-0.15, -0.1) is 0 Å². The Bertz CT molecular complexity index is 936. The van der Waals surface area contributed by atoms with Gasteiger partial charge in [-0.05, 0) is 36.6 Å². The van der Waals surface area contributed by atoms with Crippen LogP contribution in [0.15, 0.2) is 54.9 Å². The summed E-state index contributed by atoms with van der Waals surface area (Å²) >= 11 is 0. The zero-order chi connectivity index (χ0) is 18.1. The number of hydrogen-bond acceptors (Lipinski definition) is 4. The molecule has 4 rings (SSSR count). The normalized spacial score (nSPS) is 16.4. The molecule has 0 saturated carbocycles. The lowest BCUT2D eigenvalue weighted by atomic mass is 9.92. The van der Waals surface area contributed by atoms with Crippen molar-refractivity contribution in [3.8, 4) is 5.82 Å². The van der Waals surface area contributed by atoms with E-state index in [0.29, 0.717) is 17.9 Å². The fourth-order valence-electron chi connectivity index (χ4n) is 3.58. The number of carbonyl (C=O) groups excluding carboxylic acids is 1. The number of aromatic nitrogens is 3. The number of hydrogen-bond donors (Lipinski definition) is 1. The van der Waals surface area contributed by atoms with Gasteiger partial charge >= 0.3 is 0 Å². The van der Waals surface area contributed by atoms with E-state index in [2.05, 4.69) is 16.1 Å². The molecule has 0 bridgehead atoms. The van der Waals surface area contributed by atoms with E-state index in [9.17, 15) is 9.90 Å². The van der Waals surface area contributed by atoms with E-state index in [0.717, 1.165) is 17.7 Å². The van der Waals surface area contributed by atoms with Gasteiger partial charge in [0.15, 0.2) is 5.82 Å². The number of aliphatic hydroxyl groups excluding tert-OH is 1. The molecule has 1 aliphatic heterocycles. The molecule has 26 heavy (non-hydrogen) atoms. The van der Waals surface area contributed by atoms with Crippen molar-refractivity contribution >= 4 is 5.91 Å². The first kappa shape index (κ1) is 16.5. The first-order valence-corrected chi connectivity index (χ1v) is 8.66. The second-order valence-corrected chi connectivity index (χ2v) is 6.39. The van der Waals surface area contributed by atoms with Crippen molar-refractivity contribution < 1.29 is 9.90 Å². The summed E-state index contributed by atoms with van der Waals surface area (Å²) < 4.78 is 1.67. The fourth-order valence-corrected chi connectivity index (χ4v) is 3.58. The second kappa shape index (κ2) is 6.72. The van der Waals surface area contributed by atoms with Gasteiger partial charge in [0, 0.05) is 12.7 Å². The van der Waals surface area contributed by atoms with Crippen LogP contribution in [0.25, 0.3) is 5.82 Å². The number of amides is 1. The molecule has 0 radical (unpaired) electrons. The molecule has 1 amide bonds. The first-order valence-electron chi connectivity index (χ1n) is 8.66. The summed E-state index contributed by atoms with van der Waals surface area (Å²) in [6.45, 7) is 2.34. The van der Waals surface area contributed by atoms with Crippen LogP contribution in [0.3, 0.4) is 0 Å². The molecule has 1 atom stereocenters. The Morgan fingerprint density at radius 2 is 2.04 bits per heavy atom. The molecule has 132 valence electrons. The molecule has 1 N–H and O–H groups in total. The number of rotatable bonds is 3. The summed E-state index contributed by atoms with van der Waals surface area (Å²) in [7, 11) is 0. The molecule has 0 spiro atoms. The van der Waals surface area contributed by atoms with Crippen molar-refractivity contribution in [1.29, 1.82) is 0 Å². The third kappa shape index (κ3) is 2.68. The van der Waals surface area contributed by atoms with Gasteiger partial charge in [0.2, 0.25) is 0 Å². The van der Waals surface area contributed by atoms with E-state index in [1.54, 1.807) is 22.0 Å². The van der Waals surface area contributed by atoms with E-state index in [4.69, 9.17) is 0 Å². The molecule has 6 heteroatoms. The molecule has 6 nitrogen and oxygen atoms in total. The van der Waals surface area contributed by atoms with Crippen LogP contribution in [-0.2, 0) is 6.42 Å². The largest absolute Gasteiger partial charge is 0.394 e. The number of fused-ring (bicyclic) bond motifs is 1. The van der Waals surface area contributed by atoms with Crippen LogP contribution >= 0.6 is 0 Å². The van der Waals surface area contributed by atoms with Gasteiger partial charge in [0.25, 0.3) is 5.91 Å². The number of pyridine rings is 1. The fraction of sp³-hybridized carbons (Fsp3) is 0.250. The Balaban J connectivity index is 1.68. The topological polar surface area (TPSA) is 71.2 Å². The zero-order valence-electron chi connectivity index (χ0n) is 14.5. The molecule has 1 aliphatic rings. The van der Waals surface area contributed by atoms with Crippen molar-refractivity contribution in [2.24, 2.45) is 0 Å². The lowest BCUT2D eigenvalue weighted by Crippen LogP contribution is -2.41. The van der Waals surface area contributed by atoms with Gasteiger partial charge in [-0.25, -0.2) is 9.67 Å². The number of nitrogens with zero attached hydrogens (tertiary/aromatic N) is 4. The maximum atomic E-state index is 13.2. The van der Waals surface area contributed by atoms with Gasteiger partial charge < -0.3 is 10.0 Å². The van der Waals surface area contributed by atoms with Crippen LogP contribution in [0.5, 0.6) is 0 Å². The summed E-state index contributed by atoms with van der Waals surface area (Å²) in [5, 5.41) is 14.3. The van der Waals surface area contributed by atoms with Crippen molar-refractivity contribution in [3.05, 3.63) is 77.2 Å².